The van der Waals surface area contributed by atoms with Crippen LogP contribution in [-0.4, -0.2) is 22.5 Å². The summed E-state index contributed by atoms with van der Waals surface area (Å²) in [6, 6.07) is 10.0. The average molecular weight is 242 g/mol. The summed E-state index contributed by atoms with van der Waals surface area (Å²) in [5, 5.41) is 9.46. The first kappa shape index (κ1) is 12.1. The Kier molecular flexibility index (Phi) is 3.57. The summed E-state index contributed by atoms with van der Waals surface area (Å²) in [6.07, 6.45) is 3.17. The minimum Gasteiger partial charge on any atom is -0.508 e. The van der Waals surface area contributed by atoms with Crippen LogP contribution in [0.1, 0.15) is 17.3 Å². The van der Waals surface area contributed by atoms with Crippen LogP contribution in [0.2, 0.25) is 0 Å². The highest BCUT2D eigenvalue weighted by atomic mass is 16.3. The van der Waals surface area contributed by atoms with E-state index in [1.165, 1.54) is 0 Å². The van der Waals surface area contributed by atoms with Gasteiger partial charge in [-0.15, -0.1) is 0 Å². The van der Waals surface area contributed by atoms with Crippen molar-refractivity contribution in [1.29, 1.82) is 0 Å². The lowest BCUT2D eigenvalue weighted by molar-refractivity contribution is 0.0988. The first-order valence-corrected chi connectivity index (χ1v) is 5.73. The molecule has 0 saturated heterocycles. The molecular weight excluding hydrogens is 228 g/mol. The number of aromatic hydroxyl groups is 1. The molecule has 0 aliphatic heterocycles. The highest BCUT2D eigenvalue weighted by molar-refractivity contribution is 6.06. The van der Waals surface area contributed by atoms with Crippen LogP contribution in [0.4, 0.5) is 5.69 Å². The summed E-state index contributed by atoms with van der Waals surface area (Å²) < 4.78 is 0. The summed E-state index contributed by atoms with van der Waals surface area (Å²) in [7, 11) is 0. The number of carbonyl (C=O) groups is 1. The van der Waals surface area contributed by atoms with Crippen molar-refractivity contribution in [2.75, 3.05) is 11.4 Å². The normalized spacial score (nSPS) is 10.1. The Balaban J connectivity index is 2.32. The third-order valence-corrected chi connectivity index (χ3v) is 2.63. The van der Waals surface area contributed by atoms with E-state index in [1.54, 1.807) is 53.7 Å². The number of hydrogen-bond donors (Lipinski definition) is 1. The Morgan fingerprint density at radius 2 is 2.00 bits per heavy atom. The summed E-state index contributed by atoms with van der Waals surface area (Å²) in [5.41, 5.74) is 1.26. The molecule has 1 N–H and O–H groups in total. The Bertz CT molecular complexity index is 541. The van der Waals surface area contributed by atoms with Gasteiger partial charge in [0, 0.05) is 36.3 Å². The molecule has 0 radical (unpaired) electrons. The second-order valence-electron chi connectivity index (χ2n) is 3.81. The monoisotopic (exact) mass is 242 g/mol. The Hall–Kier alpha value is -2.36. The minimum atomic E-state index is -0.106. The predicted octanol–water partition coefficient (Wildman–Crippen LogP) is 2.45. The van der Waals surface area contributed by atoms with Gasteiger partial charge in [0.15, 0.2) is 0 Å². The third-order valence-electron chi connectivity index (χ3n) is 2.63. The first-order valence-electron chi connectivity index (χ1n) is 5.73. The van der Waals surface area contributed by atoms with E-state index < -0.39 is 0 Å². The van der Waals surface area contributed by atoms with Crippen LogP contribution in [0.3, 0.4) is 0 Å². The van der Waals surface area contributed by atoms with Crippen molar-refractivity contribution < 1.29 is 9.90 Å². The standard InChI is InChI=1S/C14H14N2O2/c1-2-16(12-4-3-5-13(17)10-12)14(18)11-6-8-15-9-7-11/h3-10,17H,2H2,1H3. The summed E-state index contributed by atoms with van der Waals surface area (Å²) >= 11 is 0. The Morgan fingerprint density at radius 1 is 1.28 bits per heavy atom. The number of rotatable bonds is 3. The van der Waals surface area contributed by atoms with Crippen LogP contribution in [0.25, 0.3) is 0 Å². The molecule has 1 aromatic carbocycles. The van der Waals surface area contributed by atoms with Gasteiger partial charge in [0.2, 0.25) is 0 Å². The predicted molar refractivity (Wildman–Crippen MR) is 69.7 cm³/mol. The molecule has 2 rings (SSSR count). The molecule has 92 valence electrons. The number of carbonyl (C=O) groups excluding carboxylic acids is 1. The van der Waals surface area contributed by atoms with Crippen LogP contribution in [-0.2, 0) is 0 Å². The van der Waals surface area contributed by atoms with Gasteiger partial charge in [-0.25, -0.2) is 0 Å². The van der Waals surface area contributed by atoms with Gasteiger partial charge in [-0.2, -0.15) is 0 Å². The van der Waals surface area contributed by atoms with Crippen LogP contribution in [0.5, 0.6) is 5.75 Å². The highest BCUT2D eigenvalue weighted by Gasteiger charge is 2.15. The topological polar surface area (TPSA) is 53.4 Å². The van der Waals surface area contributed by atoms with E-state index in [0.29, 0.717) is 17.8 Å². The van der Waals surface area contributed by atoms with Gasteiger partial charge in [-0.1, -0.05) is 6.07 Å². The fourth-order valence-electron chi connectivity index (χ4n) is 1.75. The lowest BCUT2D eigenvalue weighted by Gasteiger charge is -2.21. The largest absolute Gasteiger partial charge is 0.508 e. The Morgan fingerprint density at radius 3 is 2.61 bits per heavy atom. The third kappa shape index (κ3) is 2.48. The molecule has 0 aliphatic carbocycles. The molecule has 2 aromatic rings. The molecule has 0 fully saturated rings. The number of amides is 1. The zero-order valence-corrected chi connectivity index (χ0v) is 10.1. The smallest absolute Gasteiger partial charge is 0.258 e. The molecule has 0 saturated carbocycles. The second kappa shape index (κ2) is 5.31. The van der Waals surface area contributed by atoms with Crippen molar-refractivity contribution in [3.8, 4) is 5.75 Å². The molecule has 0 unspecified atom stereocenters. The van der Waals surface area contributed by atoms with E-state index in [9.17, 15) is 9.90 Å². The van der Waals surface area contributed by atoms with Gasteiger partial charge in [0.1, 0.15) is 5.75 Å². The quantitative estimate of drug-likeness (QED) is 0.899. The maximum atomic E-state index is 12.3. The van der Waals surface area contributed by atoms with Crippen molar-refractivity contribution in [1.82, 2.24) is 4.98 Å². The van der Waals surface area contributed by atoms with E-state index >= 15 is 0 Å². The molecule has 18 heavy (non-hydrogen) atoms. The van der Waals surface area contributed by atoms with Crippen molar-refractivity contribution in [3.05, 3.63) is 54.4 Å². The highest BCUT2D eigenvalue weighted by Crippen LogP contribution is 2.21. The van der Waals surface area contributed by atoms with E-state index in [-0.39, 0.29) is 11.7 Å². The number of phenolic OH excluding ortho intramolecular Hbond substituents is 1. The number of benzene rings is 1. The molecule has 1 heterocycles. The maximum absolute atomic E-state index is 12.3. The SMILES string of the molecule is CCN(C(=O)c1ccncc1)c1cccc(O)c1. The van der Waals surface area contributed by atoms with Crippen molar-refractivity contribution in [2.45, 2.75) is 6.92 Å². The molecule has 4 nitrogen and oxygen atoms in total. The lowest BCUT2D eigenvalue weighted by Crippen LogP contribution is -2.30. The van der Waals surface area contributed by atoms with Crippen molar-refractivity contribution >= 4 is 11.6 Å². The van der Waals surface area contributed by atoms with Crippen LogP contribution in [0.15, 0.2) is 48.8 Å². The van der Waals surface area contributed by atoms with Crippen molar-refractivity contribution in [3.63, 3.8) is 0 Å². The Labute approximate surface area is 106 Å². The first-order chi connectivity index (χ1) is 8.72. The van der Waals surface area contributed by atoms with Crippen LogP contribution >= 0.6 is 0 Å². The van der Waals surface area contributed by atoms with Crippen molar-refractivity contribution in [2.24, 2.45) is 0 Å². The molecule has 0 atom stereocenters. The summed E-state index contributed by atoms with van der Waals surface area (Å²) in [5.74, 6) is 0.0407. The molecular formula is C14H14N2O2. The van der Waals surface area contributed by atoms with Crippen LogP contribution < -0.4 is 4.90 Å². The zero-order chi connectivity index (χ0) is 13.0. The molecule has 1 aromatic heterocycles. The summed E-state index contributed by atoms with van der Waals surface area (Å²) in [6.45, 7) is 2.42. The molecule has 1 amide bonds. The van der Waals surface area contributed by atoms with Gasteiger partial charge in [-0.05, 0) is 31.2 Å². The van der Waals surface area contributed by atoms with Gasteiger partial charge in [0.05, 0.1) is 0 Å². The molecule has 0 aliphatic rings. The number of nitrogens with zero attached hydrogens (tertiary/aromatic N) is 2. The van der Waals surface area contributed by atoms with E-state index in [2.05, 4.69) is 4.98 Å². The summed E-state index contributed by atoms with van der Waals surface area (Å²) in [4.78, 5) is 17.8. The average Bonchev–Trinajstić information content (AvgIpc) is 2.40. The van der Waals surface area contributed by atoms with Gasteiger partial charge < -0.3 is 10.0 Å². The number of hydrogen-bond acceptors (Lipinski definition) is 3. The van der Waals surface area contributed by atoms with Gasteiger partial charge >= 0.3 is 0 Å². The van der Waals surface area contributed by atoms with E-state index in [4.69, 9.17) is 0 Å². The fourth-order valence-corrected chi connectivity index (χ4v) is 1.75. The van der Waals surface area contributed by atoms with E-state index in [0.717, 1.165) is 0 Å². The number of anilines is 1. The number of pyridine rings is 1. The van der Waals surface area contributed by atoms with Gasteiger partial charge in [0.25, 0.3) is 5.91 Å². The van der Waals surface area contributed by atoms with Crippen LogP contribution in [0, 0.1) is 0 Å². The zero-order valence-electron chi connectivity index (χ0n) is 10.1. The molecule has 0 spiro atoms. The molecule has 4 heteroatoms. The number of aromatic nitrogens is 1. The van der Waals surface area contributed by atoms with Gasteiger partial charge in [-0.3, -0.25) is 9.78 Å². The maximum Gasteiger partial charge on any atom is 0.258 e. The number of phenols is 1. The molecule has 0 bridgehead atoms. The fraction of sp³-hybridized carbons (Fsp3) is 0.143. The second-order valence-corrected chi connectivity index (χ2v) is 3.81. The lowest BCUT2D eigenvalue weighted by atomic mass is 10.2. The van der Waals surface area contributed by atoms with E-state index in [1.807, 2.05) is 6.92 Å². The minimum absolute atomic E-state index is 0.106.